The molecular weight excluding hydrogens is 274 g/mol. The number of benzene rings is 1. The first-order chi connectivity index (χ1) is 10.7. The summed E-state index contributed by atoms with van der Waals surface area (Å²) in [5.41, 5.74) is 7.96. The molecule has 2 aromatic rings. The van der Waals surface area contributed by atoms with Crippen molar-refractivity contribution in [2.24, 2.45) is 5.73 Å². The maximum Gasteiger partial charge on any atom is 0.267 e. The van der Waals surface area contributed by atoms with Crippen molar-refractivity contribution in [3.05, 3.63) is 65.5 Å². The van der Waals surface area contributed by atoms with Crippen molar-refractivity contribution in [3.8, 4) is 0 Å². The van der Waals surface area contributed by atoms with Gasteiger partial charge in [0, 0.05) is 13.1 Å². The number of carbonyl (C=O) groups is 1. The normalized spacial score (nSPS) is 19.0. The monoisotopic (exact) mass is 295 g/mol. The van der Waals surface area contributed by atoms with Crippen LogP contribution in [0.15, 0.2) is 48.5 Å². The number of likely N-dealkylation sites (tertiary alicyclic amines) is 1. The minimum absolute atomic E-state index is 0.342. The summed E-state index contributed by atoms with van der Waals surface area (Å²) in [6, 6.07) is 16.1. The van der Waals surface area contributed by atoms with Crippen molar-refractivity contribution in [1.29, 1.82) is 0 Å². The molecule has 4 nitrogen and oxygen atoms in total. The summed E-state index contributed by atoms with van der Waals surface area (Å²) in [5.74, 6) is 0.108. The molecule has 1 aliphatic rings. The van der Waals surface area contributed by atoms with Crippen molar-refractivity contribution < 1.29 is 4.79 Å². The van der Waals surface area contributed by atoms with Gasteiger partial charge in [-0.25, -0.2) is 4.98 Å². The van der Waals surface area contributed by atoms with Crippen LogP contribution in [0.1, 0.15) is 40.5 Å². The number of pyridine rings is 1. The highest BCUT2D eigenvalue weighted by Crippen LogP contribution is 2.27. The average molecular weight is 295 g/mol. The van der Waals surface area contributed by atoms with Gasteiger partial charge in [0.2, 0.25) is 0 Å². The molecular formula is C18H21N3O. The lowest BCUT2D eigenvalue weighted by Crippen LogP contribution is -2.34. The Morgan fingerprint density at radius 1 is 1.18 bits per heavy atom. The predicted octanol–water partition coefficient (Wildman–Crippen LogP) is 2.56. The molecule has 2 N–H and O–H groups in total. The highest BCUT2D eigenvalue weighted by atomic mass is 16.1. The SMILES string of the molecule is NC(=O)c1cccc(CN2CCCC(c3ccccc3)C2)n1. The van der Waals surface area contributed by atoms with Crippen LogP contribution in [0.4, 0.5) is 0 Å². The van der Waals surface area contributed by atoms with E-state index in [9.17, 15) is 4.79 Å². The number of aromatic nitrogens is 1. The quantitative estimate of drug-likeness (QED) is 0.943. The van der Waals surface area contributed by atoms with Gasteiger partial charge in [0.25, 0.3) is 5.91 Å². The third-order valence-electron chi connectivity index (χ3n) is 4.22. The van der Waals surface area contributed by atoms with E-state index in [1.165, 1.54) is 18.4 Å². The summed E-state index contributed by atoms with van der Waals surface area (Å²) in [6.45, 7) is 2.88. The zero-order valence-corrected chi connectivity index (χ0v) is 12.6. The number of carbonyl (C=O) groups excluding carboxylic acids is 1. The van der Waals surface area contributed by atoms with Crippen LogP contribution in [0.2, 0.25) is 0 Å². The second kappa shape index (κ2) is 6.71. The van der Waals surface area contributed by atoms with Crippen LogP contribution in [0.5, 0.6) is 0 Å². The molecule has 0 aliphatic carbocycles. The summed E-state index contributed by atoms with van der Waals surface area (Å²) >= 11 is 0. The maximum absolute atomic E-state index is 11.2. The Bertz CT molecular complexity index is 642. The molecule has 1 amide bonds. The van der Waals surface area contributed by atoms with Gasteiger partial charge in [-0.2, -0.15) is 0 Å². The molecule has 1 atom stereocenters. The second-order valence-electron chi connectivity index (χ2n) is 5.86. The first-order valence-corrected chi connectivity index (χ1v) is 7.75. The Kier molecular flexibility index (Phi) is 4.49. The number of rotatable bonds is 4. The molecule has 0 radical (unpaired) electrons. The first-order valence-electron chi connectivity index (χ1n) is 7.75. The third kappa shape index (κ3) is 3.52. The number of hydrogen-bond donors (Lipinski definition) is 1. The molecule has 1 unspecified atom stereocenters. The van der Waals surface area contributed by atoms with E-state index in [0.29, 0.717) is 11.6 Å². The average Bonchev–Trinajstić information content (AvgIpc) is 2.56. The van der Waals surface area contributed by atoms with Gasteiger partial charge in [0.15, 0.2) is 0 Å². The van der Waals surface area contributed by atoms with E-state index >= 15 is 0 Å². The molecule has 1 saturated heterocycles. The van der Waals surface area contributed by atoms with E-state index in [4.69, 9.17) is 5.73 Å². The molecule has 22 heavy (non-hydrogen) atoms. The predicted molar refractivity (Wildman–Crippen MR) is 86.4 cm³/mol. The lowest BCUT2D eigenvalue weighted by molar-refractivity contribution is 0.0995. The van der Waals surface area contributed by atoms with Gasteiger partial charge in [-0.15, -0.1) is 0 Å². The molecule has 4 heteroatoms. The minimum Gasteiger partial charge on any atom is -0.364 e. The largest absolute Gasteiger partial charge is 0.364 e. The number of primary amides is 1. The number of nitrogens with zero attached hydrogens (tertiary/aromatic N) is 2. The molecule has 0 bridgehead atoms. The van der Waals surface area contributed by atoms with E-state index in [1.807, 2.05) is 12.1 Å². The fourth-order valence-electron chi connectivity index (χ4n) is 3.13. The van der Waals surface area contributed by atoms with Crippen molar-refractivity contribution in [2.45, 2.75) is 25.3 Å². The van der Waals surface area contributed by atoms with Gasteiger partial charge in [0.1, 0.15) is 5.69 Å². The molecule has 0 saturated carbocycles. The Morgan fingerprint density at radius 2 is 2.00 bits per heavy atom. The standard InChI is InChI=1S/C18H21N3O/c19-18(22)17-10-4-9-16(20-17)13-21-11-5-8-15(12-21)14-6-2-1-3-7-14/h1-4,6-7,9-10,15H,5,8,11-13H2,(H2,19,22). The van der Waals surface area contributed by atoms with Crippen LogP contribution in [-0.2, 0) is 6.54 Å². The summed E-state index contributed by atoms with van der Waals surface area (Å²) in [4.78, 5) is 18.0. The van der Waals surface area contributed by atoms with E-state index in [-0.39, 0.29) is 0 Å². The summed E-state index contributed by atoms with van der Waals surface area (Å²) in [7, 11) is 0. The van der Waals surface area contributed by atoms with E-state index in [1.54, 1.807) is 6.07 Å². The Hall–Kier alpha value is -2.20. The Balaban J connectivity index is 1.68. The van der Waals surface area contributed by atoms with Crippen LogP contribution in [0, 0.1) is 0 Å². The number of hydrogen-bond acceptors (Lipinski definition) is 3. The molecule has 114 valence electrons. The molecule has 1 aliphatic heterocycles. The van der Waals surface area contributed by atoms with Crippen LogP contribution >= 0.6 is 0 Å². The summed E-state index contributed by atoms with van der Waals surface area (Å²) < 4.78 is 0. The van der Waals surface area contributed by atoms with Gasteiger partial charge >= 0.3 is 0 Å². The summed E-state index contributed by atoms with van der Waals surface area (Å²) in [5, 5.41) is 0. The van der Waals surface area contributed by atoms with Crippen LogP contribution in [-0.4, -0.2) is 28.9 Å². The number of amides is 1. The van der Waals surface area contributed by atoms with Crippen molar-refractivity contribution in [3.63, 3.8) is 0 Å². The van der Waals surface area contributed by atoms with Gasteiger partial charge in [-0.1, -0.05) is 36.4 Å². The molecule has 1 fully saturated rings. The maximum atomic E-state index is 11.2. The second-order valence-corrected chi connectivity index (χ2v) is 5.86. The highest BCUT2D eigenvalue weighted by molar-refractivity contribution is 5.90. The lowest BCUT2D eigenvalue weighted by atomic mass is 9.90. The third-order valence-corrected chi connectivity index (χ3v) is 4.22. The van der Waals surface area contributed by atoms with Gasteiger partial charge < -0.3 is 5.73 Å². The van der Waals surface area contributed by atoms with Crippen LogP contribution in [0.3, 0.4) is 0 Å². The van der Waals surface area contributed by atoms with E-state index in [0.717, 1.165) is 25.3 Å². The Labute approximate surface area is 131 Å². The van der Waals surface area contributed by atoms with Crippen molar-refractivity contribution >= 4 is 5.91 Å². The van der Waals surface area contributed by atoms with Crippen LogP contribution < -0.4 is 5.73 Å². The number of piperidine rings is 1. The molecule has 1 aromatic carbocycles. The van der Waals surface area contributed by atoms with Crippen molar-refractivity contribution in [2.75, 3.05) is 13.1 Å². The van der Waals surface area contributed by atoms with Crippen molar-refractivity contribution in [1.82, 2.24) is 9.88 Å². The van der Waals surface area contributed by atoms with Gasteiger partial charge in [-0.05, 0) is 43.0 Å². The van der Waals surface area contributed by atoms with Gasteiger partial charge in [-0.3, -0.25) is 9.69 Å². The van der Waals surface area contributed by atoms with E-state index < -0.39 is 5.91 Å². The first kappa shape index (κ1) is 14.7. The van der Waals surface area contributed by atoms with Gasteiger partial charge in [0.05, 0.1) is 5.69 Å². The smallest absolute Gasteiger partial charge is 0.267 e. The highest BCUT2D eigenvalue weighted by Gasteiger charge is 2.21. The molecule has 2 heterocycles. The Morgan fingerprint density at radius 3 is 2.77 bits per heavy atom. The molecule has 0 spiro atoms. The summed E-state index contributed by atoms with van der Waals surface area (Å²) in [6.07, 6.45) is 2.42. The fourth-order valence-corrected chi connectivity index (χ4v) is 3.13. The van der Waals surface area contributed by atoms with E-state index in [2.05, 4.69) is 40.2 Å². The fraction of sp³-hybridized carbons (Fsp3) is 0.333. The molecule has 1 aromatic heterocycles. The lowest BCUT2D eigenvalue weighted by Gasteiger charge is -2.32. The zero-order chi connectivity index (χ0) is 15.4. The minimum atomic E-state index is -0.470. The zero-order valence-electron chi connectivity index (χ0n) is 12.6. The number of nitrogens with two attached hydrogens (primary N) is 1. The molecule has 3 rings (SSSR count). The topological polar surface area (TPSA) is 59.2 Å². The van der Waals surface area contributed by atoms with Crippen LogP contribution in [0.25, 0.3) is 0 Å².